The molecule has 10 nitrogen and oxygen atoms in total. The average Bonchev–Trinajstić information content (AvgIpc) is 3.22. The molecule has 0 aliphatic carbocycles. The summed E-state index contributed by atoms with van der Waals surface area (Å²) >= 11 is 6.48. The van der Waals surface area contributed by atoms with Crippen molar-refractivity contribution in [3.63, 3.8) is 0 Å². The van der Waals surface area contributed by atoms with Gasteiger partial charge < -0.3 is 9.64 Å². The highest BCUT2D eigenvalue weighted by Crippen LogP contribution is 2.33. The molecular formula is C24H26ClN7O3S. The molecule has 1 aromatic carbocycles. The predicted octanol–water partition coefficient (Wildman–Crippen LogP) is 3.96. The Kier molecular flexibility index (Phi) is 6.54. The number of hydrogen-bond donors (Lipinski definition) is 2. The van der Waals surface area contributed by atoms with E-state index in [0.717, 1.165) is 42.6 Å². The van der Waals surface area contributed by atoms with E-state index in [1.54, 1.807) is 31.2 Å². The molecule has 0 amide bonds. The van der Waals surface area contributed by atoms with Crippen LogP contribution in [0.1, 0.15) is 24.1 Å². The number of halogens is 1. The summed E-state index contributed by atoms with van der Waals surface area (Å²) in [4.78, 5) is 15.5. The Bertz CT molecular complexity index is 1530. The van der Waals surface area contributed by atoms with E-state index in [1.807, 2.05) is 6.92 Å². The van der Waals surface area contributed by atoms with Gasteiger partial charge in [0.1, 0.15) is 11.5 Å². The number of anilines is 1. The average molecular weight is 528 g/mol. The fourth-order valence-corrected chi connectivity index (χ4v) is 5.50. The first kappa shape index (κ1) is 24.4. The van der Waals surface area contributed by atoms with Gasteiger partial charge in [-0.15, -0.1) is 0 Å². The third-order valence-corrected chi connectivity index (χ3v) is 7.72. The molecule has 4 heterocycles. The van der Waals surface area contributed by atoms with E-state index in [2.05, 4.69) is 36.8 Å². The van der Waals surface area contributed by atoms with Crippen LogP contribution in [-0.2, 0) is 10.0 Å². The van der Waals surface area contributed by atoms with Crippen LogP contribution in [0.2, 0.25) is 5.02 Å². The van der Waals surface area contributed by atoms with Gasteiger partial charge in [-0.2, -0.15) is 18.5 Å². The molecule has 1 aliphatic rings. The fourth-order valence-electron chi connectivity index (χ4n) is 4.10. The van der Waals surface area contributed by atoms with Crippen molar-refractivity contribution in [1.82, 2.24) is 30.0 Å². The maximum absolute atomic E-state index is 12.8. The van der Waals surface area contributed by atoms with Crippen LogP contribution in [0, 0.1) is 13.8 Å². The second-order valence-corrected chi connectivity index (χ2v) is 11.0. The van der Waals surface area contributed by atoms with Crippen molar-refractivity contribution in [2.24, 2.45) is 0 Å². The van der Waals surface area contributed by atoms with Crippen LogP contribution < -0.4 is 9.46 Å². The number of benzene rings is 1. The van der Waals surface area contributed by atoms with Crippen molar-refractivity contribution in [2.45, 2.75) is 37.8 Å². The van der Waals surface area contributed by atoms with Crippen LogP contribution in [0.3, 0.4) is 0 Å². The van der Waals surface area contributed by atoms with E-state index in [-0.39, 0.29) is 21.8 Å². The van der Waals surface area contributed by atoms with Crippen molar-refractivity contribution in [2.75, 3.05) is 24.9 Å². The van der Waals surface area contributed by atoms with Gasteiger partial charge in [0.2, 0.25) is 5.88 Å². The number of rotatable bonds is 6. The fraction of sp³-hybridized carbons (Fsp3) is 0.333. The number of piperidine rings is 1. The summed E-state index contributed by atoms with van der Waals surface area (Å²) in [6, 6.07) is 8.12. The number of fused-ring (bicyclic) bond motifs is 1. The van der Waals surface area contributed by atoms with E-state index in [0.29, 0.717) is 22.9 Å². The number of sulfonamides is 1. The third kappa shape index (κ3) is 4.99. The van der Waals surface area contributed by atoms with Gasteiger partial charge in [0.15, 0.2) is 16.5 Å². The highest BCUT2D eigenvalue weighted by Gasteiger charge is 2.23. The molecule has 0 radical (unpaired) electrons. The molecule has 0 unspecified atom stereocenters. The lowest BCUT2D eigenvalue weighted by molar-refractivity contribution is 0.111. The number of aromatic amines is 1. The number of aryl methyl sites for hydroxylation is 2. The predicted molar refractivity (Wildman–Crippen MR) is 138 cm³/mol. The summed E-state index contributed by atoms with van der Waals surface area (Å²) in [5.41, 5.74) is 2.94. The SMILES string of the molecule is Cc1ccnc(S(=O)(=O)Nc2ccc(-c3nc(OC4CCN(C)CC4)c4c(C)n[nH]c4n3)cc2Cl)c1. The highest BCUT2D eigenvalue weighted by molar-refractivity contribution is 7.92. The number of hydrogen-bond acceptors (Lipinski definition) is 8. The van der Waals surface area contributed by atoms with Gasteiger partial charge in [0, 0.05) is 24.8 Å². The second-order valence-electron chi connectivity index (χ2n) is 8.98. The molecule has 0 bridgehead atoms. The van der Waals surface area contributed by atoms with Crippen molar-refractivity contribution < 1.29 is 13.2 Å². The van der Waals surface area contributed by atoms with E-state index >= 15 is 0 Å². The number of likely N-dealkylation sites (tertiary alicyclic amines) is 1. The molecule has 2 N–H and O–H groups in total. The number of ether oxygens (including phenoxy) is 1. The number of pyridine rings is 1. The molecule has 0 saturated carbocycles. The van der Waals surface area contributed by atoms with E-state index in [9.17, 15) is 8.42 Å². The zero-order chi connectivity index (χ0) is 25.4. The number of aromatic nitrogens is 5. The Morgan fingerprint density at radius 2 is 1.92 bits per heavy atom. The van der Waals surface area contributed by atoms with Gasteiger partial charge in [-0.1, -0.05) is 11.6 Å². The lowest BCUT2D eigenvalue weighted by Crippen LogP contribution is -2.35. The summed E-state index contributed by atoms with van der Waals surface area (Å²) in [7, 11) is -1.80. The zero-order valence-electron chi connectivity index (χ0n) is 20.1. The largest absolute Gasteiger partial charge is 0.474 e. The van der Waals surface area contributed by atoms with Crippen molar-refractivity contribution in [3.05, 3.63) is 52.8 Å². The van der Waals surface area contributed by atoms with Crippen LogP contribution in [0.5, 0.6) is 5.88 Å². The van der Waals surface area contributed by atoms with Gasteiger partial charge in [-0.25, -0.2) is 9.97 Å². The molecular weight excluding hydrogens is 502 g/mol. The van der Waals surface area contributed by atoms with Gasteiger partial charge in [-0.05, 0) is 69.6 Å². The van der Waals surface area contributed by atoms with Crippen LogP contribution in [0.15, 0.2) is 41.6 Å². The van der Waals surface area contributed by atoms with E-state index in [4.69, 9.17) is 21.3 Å². The molecule has 36 heavy (non-hydrogen) atoms. The topological polar surface area (TPSA) is 126 Å². The summed E-state index contributed by atoms with van der Waals surface area (Å²) < 4.78 is 34.4. The van der Waals surface area contributed by atoms with Gasteiger partial charge >= 0.3 is 0 Å². The molecule has 4 aromatic rings. The Morgan fingerprint density at radius 3 is 2.64 bits per heavy atom. The Hall–Kier alpha value is -3.28. The van der Waals surface area contributed by atoms with E-state index < -0.39 is 10.0 Å². The van der Waals surface area contributed by atoms with Crippen molar-refractivity contribution in [3.8, 4) is 17.3 Å². The minimum atomic E-state index is -3.90. The summed E-state index contributed by atoms with van der Waals surface area (Å²) in [6.07, 6.45) is 3.32. The molecule has 1 saturated heterocycles. The molecule has 188 valence electrons. The Morgan fingerprint density at radius 1 is 1.14 bits per heavy atom. The van der Waals surface area contributed by atoms with Gasteiger partial charge in [0.05, 0.1) is 16.4 Å². The first-order valence-electron chi connectivity index (χ1n) is 11.5. The smallest absolute Gasteiger partial charge is 0.279 e. The highest BCUT2D eigenvalue weighted by atomic mass is 35.5. The number of nitrogens with one attached hydrogen (secondary N) is 2. The number of nitrogens with zero attached hydrogens (tertiary/aromatic N) is 5. The van der Waals surface area contributed by atoms with Crippen molar-refractivity contribution >= 4 is 38.3 Å². The third-order valence-electron chi connectivity index (χ3n) is 6.15. The maximum Gasteiger partial charge on any atom is 0.279 e. The molecule has 0 spiro atoms. The lowest BCUT2D eigenvalue weighted by Gasteiger charge is -2.29. The lowest BCUT2D eigenvalue weighted by atomic mass is 10.1. The summed E-state index contributed by atoms with van der Waals surface area (Å²) in [6.45, 7) is 5.59. The number of H-pyrrole nitrogens is 1. The van der Waals surface area contributed by atoms with Crippen molar-refractivity contribution in [1.29, 1.82) is 0 Å². The molecule has 0 atom stereocenters. The summed E-state index contributed by atoms with van der Waals surface area (Å²) in [5, 5.41) is 8.09. The zero-order valence-corrected chi connectivity index (χ0v) is 21.7. The molecule has 5 rings (SSSR count). The minimum absolute atomic E-state index is 0.0528. The standard InChI is InChI=1S/C24H26ClN7O3S/c1-14-6-9-26-20(12-14)36(33,34)31-19-5-4-16(13-18(19)25)22-27-23-21(15(2)29-30-23)24(28-22)35-17-7-10-32(3)11-8-17/h4-6,9,12-13,17,31H,7-8,10-11H2,1-3H3,(H,27,28,29,30). The molecule has 12 heteroatoms. The van der Waals surface area contributed by atoms with Gasteiger partial charge in [0.25, 0.3) is 10.0 Å². The van der Waals surface area contributed by atoms with Crippen LogP contribution in [-0.4, -0.2) is 64.7 Å². The van der Waals surface area contributed by atoms with Crippen LogP contribution in [0.4, 0.5) is 5.69 Å². The molecule has 1 fully saturated rings. The minimum Gasteiger partial charge on any atom is -0.474 e. The Labute approximate surface area is 214 Å². The van der Waals surface area contributed by atoms with Crippen LogP contribution in [0.25, 0.3) is 22.4 Å². The second kappa shape index (κ2) is 9.64. The summed E-state index contributed by atoms with van der Waals surface area (Å²) in [5.74, 6) is 0.868. The van der Waals surface area contributed by atoms with Gasteiger partial charge in [-0.3, -0.25) is 9.82 Å². The first-order chi connectivity index (χ1) is 17.2. The quantitative estimate of drug-likeness (QED) is 0.386. The first-order valence-corrected chi connectivity index (χ1v) is 13.4. The maximum atomic E-state index is 12.8. The monoisotopic (exact) mass is 527 g/mol. The molecule has 3 aromatic heterocycles. The van der Waals surface area contributed by atoms with Crippen LogP contribution >= 0.6 is 11.6 Å². The molecule has 1 aliphatic heterocycles. The van der Waals surface area contributed by atoms with E-state index in [1.165, 1.54) is 12.3 Å². The normalized spacial score (nSPS) is 15.3. The Balaban J connectivity index is 1.45.